The maximum Gasteiger partial charge on any atom is 0.169 e. The lowest BCUT2D eigenvalue weighted by atomic mass is 10.0. The van der Waals surface area contributed by atoms with Crippen molar-refractivity contribution in [2.45, 2.75) is 33.6 Å². The second kappa shape index (κ2) is 8.00. The van der Waals surface area contributed by atoms with Gasteiger partial charge in [0.15, 0.2) is 11.5 Å². The number of nitrogens with zero attached hydrogens (tertiary/aromatic N) is 1. The molecule has 1 saturated heterocycles. The van der Waals surface area contributed by atoms with Crippen LogP contribution in [0.15, 0.2) is 30.3 Å². The number of benzene rings is 2. The van der Waals surface area contributed by atoms with E-state index in [9.17, 15) is 0 Å². The van der Waals surface area contributed by atoms with Gasteiger partial charge in [0, 0.05) is 18.8 Å². The molecule has 0 bridgehead atoms. The summed E-state index contributed by atoms with van der Waals surface area (Å²) in [4.78, 5) is 2.37. The lowest BCUT2D eigenvalue weighted by Crippen LogP contribution is -2.36. The Morgan fingerprint density at radius 1 is 0.962 bits per heavy atom. The summed E-state index contributed by atoms with van der Waals surface area (Å²) < 4.78 is 17.3. The van der Waals surface area contributed by atoms with E-state index in [2.05, 4.69) is 56.9 Å². The van der Waals surface area contributed by atoms with Crippen LogP contribution < -0.4 is 14.4 Å². The van der Waals surface area contributed by atoms with Gasteiger partial charge in [-0.15, -0.1) is 0 Å². The van der Waals surface area contributed by atoms with Gasteiger partial charge >= 0.3 is 0 Å². The molecule has 0 saturated carbocycles. The number of aryl methyl sites for hydroxylation is 2. The first-order chi connectivity index (χ1) is 12.5. The van der Waals surface area contributed by atoms with E-state index in [0.29, 0.717) is 5.92 Å². The SMILES string of the molecule is COc1cc(C(C)C)ccc1Oc1c(C)cc(N2CCOCC2)cc1C. The Morgan fingerprint density at radius 2 is 1.62 bits per heavy atom. The molecule has 1 fully saturated rings. The third-order valence-corrected chi connectivity index (χ3v) is 4.89. The Balaban J connectivity index is 1.88. The molecule has 0 N–H and O–H groups in total. The normalized spacial score (nSPS) is 14.6. The zero-order valence-electron chi connectivity index (χ0n) is 16.5. The fourth-order valence-electron chi connectivity index (χ4n) is 3.33. The minimum absolute atomic E-state index is 0.453. The lowest BCUT2D eigenvalue weighted by molar-refractivity contribution is 0.122. The molecular formula is C22H29NO3. The molecule has 2 aromatic rings. The van der Waals surface area contributed by atoms with E-state index in [-0.39, 0.29) is 0 Å². The number of hydrogen-bond acceptors (Lipinski definition) is 4. The molecule has 3 rings (SSSR count). The van der Waals surface area contributed by atoms with E-state index >= 15 is 0 Å². The summed E-state index contributed by atoms with van der Waals surface area (Å²) in [7, 11) is 1.69. The van der Waals surface area contributed by atoms with Crippen molar-refractivity contribution in [2.24, 2.45) is 0 Å². The topological polar surface area (TPSA) is 30.9 Å². The second-order valence-corrected chi connectivity index (χ2v) is 7.18. The molecule has 0 unspecified atom stereocenters. The number of anilines is 1. The molecule has 1 aliphatic heterocycles. The molecule has 2 aromatic carbocycles. The van der Waals surface area contributed by atoms with Crippen LogP contribution >= 0.6 is 0 Å². The average molecular weight is 355 g/mol. The van der Waals surface area contributed by atoms with Crippen molar-refractivity contribution in [3.8, 4) is 17.2 Å². The van der Waals surface area contributed by atoms with E-state index < -0.39 is 0 Å². The fraction of sp³-hybridized carbons (Fsp3) is 0.455. The van der Waals surface area contributed by atoms with Crippen molar-refractivity contribution >= 4 is 5.69 Å². The van der Waals surface area contributed by atoms with E-state index in [1.54, 1.807) is 7.11 Å². The van der Waals surface area contributed by atoms with Gasteiger partial charge < -0.3 is 19.1 Å². The molecule has 0 aliphatic carbocycles. The van der Waals surface area contributed by atoms with Crippen LogP contribution in [0.3, 0.4) is 0 Å². The maximum absolute atomic E-state index is 6.27. The fourth-order valence-corrected chi connectivity index (χ4v) is 3.33. The van der Waals surface area contributed by atoms with Crippen LogP contribution in [0.25, 0.3) is 0 Å². The Kier molecular flexibility index (Phi) is 5.72. The van der Waals surface area contributed by atoms with Gasteiger partial charge in [-0.1, -0.05) is 19.9 Å². The predicted octanol–water partition coefficient (Wildman–Crippen LogP) is 5.06. The Hall–Kier alpha value is -2.20. The van der Waals surface area contributed by atoms with Crippen LogP contribution in [0.1, 0.15) is 36.5 Å². The van der Waals surface area contributed by atoms with Gasteiger partial charge in [0.25, 0.3) is 0 Å². The van der Waals surface area contributed by atoms with Crippen LogP contribution in [0.2, 0.25) is 0 Å². The summed E-state index contributed by atoms with van der Waals surface area (Å²) in [6.45, 7) is 12.0. The summed E-state index contributed by atoms with van der Waals surface area (Å²) in [6, 6.07) is 10.6. The van der Waals surface area contributed by atoms with E-state index in [0.717, 1.165) is 54.7 Å². The van der Waals surface area contributed by atoms with Crippen LogP contribution in [0, 0.1) is 13.8 Å². The van der Waals surface area contributed by atoms with Gasteiger partial charge in [-0.25, -0.2) is 0 Å². The second-order valence-electron chi connectivity index (χ2n) is 7.18. The van der Waals surface area contributed by atoms with Crippen molar-refractivity contribution in [1.82, 2.24) is 0 Å². The third-order valence-electron chi connectivity index (χ3n) is 4.89. The van der Waals surface area contributed by atoms with E-state index in [4.69, 9.17) is 14.2 Å². The minimum atomic E-state index is 0.453. The molecule has 0 spiro atoms. The molecule has 4 heteroatoms. The Bertz CT molecular complexity index is 741. The van der Waals surface area contributed by atoms with Crippen LogP contribution in [-0.2, 0) is 4.74 Å². The highest BCUT2D eigenvalue weighted by Crippen LogP contribution is 2.38. The molecule has 0 radical (unpaired) electrons. The number of methoxy groups -OCH3 is 1. The standard InChI is InChI=1S/C22H29NO3/c1-15(2)18-6-7-20(21(14-18)24-5)26-22-16(3)12-19(13-17(22)4)23-8-10-25-11-9-23/h6-7,12-15H,8-11H2,1-5H3. The van der Waals surface area contributed by atoms with E-state index in [1.165, 1.54) is 11.3 Å². The number of morpholine rings is 1. The summed E-state index contributed by atoms with van der Waals surface area (Å²) >= 11 is 0. The quantitative estimate of drug-likeness (QED) is 0.750. The van der Waals surface area contributed by atoms with Crippen LogP contribution in [-0.4, -0.2) is 33.4 Å². The first kappa shape index (κ1) is 18.6. The average Bonchev–Trinajstić information content (AvgIpc) is 2.65. The van der Waals surface area contributed by atoms with Gasteiger partial charge in [-0.3, -0.25) is 0 Å². The van der Waals surface area contributed by atoms with Gasteiger partial charge in [0.2, 0.25) is 0 Å². The largest absolute Gasteiger partial charge is 0.493 e. The number of ether oxygens (including phenoxy) is 3. The van der Waals surface area contributed by atoms with Crippen molar-refractivity contribution in [2.75, 3.05) is 38.3 Å². The molecule has 4 nitrogen and oxygen atoms in total. The third kappa shape index (κ3) is 3.96. The summed E-state index contributed by atoms with van der Waals surface area (Å²) in [5.74, 6) is 2.88. The van der Waals surface area contributed by atoms with Crippen LogP contribution in [0.5, 0.6) is 17.2 Å². The molecule has 0 atom stereocenters. The molecule has 1 aliphatic rings. The zero-order valence-corrected chi connectivity index (χ0v) is 16.5. The molecule has 0 amide bonds. The van der Waals surface area contributed by atoms with Crippen LogP contribution in [0.4, 0.5) is 5.69 Å². The zero-order chi connectivity index (χ0) is 18.7. The molecule has 1 heterocycles. The van der Waals surface area contributed by atoms with Gasteiger partial charge in [-0.2, -0.15) is 0 Å². The number of hydrogen-bond donors (Lipinski definition) is 0. The highest BCUT2D eigenvalue weighted by atomic mass is 16.5. The lowest BCUT2D eigenvalue weighted by Gasteiger charge is -2.30. The van der Waals surface area contributed by atoms with Gasteiger partial charge in [0.05, 0.1) is 20.3 Å². The van der Waals surface area contributed by atoms with Crippen molar-refractivity contribution in [1.29, 1.82) is 0 Å². The highest BCUT2D eigenvalue weighted by Gasteiger charge is 2.16. The van der Waals surface area contributed by atoms with Gasteiger partial charge in [0.1, 0.15) is 5.75 Å². The molecule has 26 heavy (non-hydrogen) atoms. The summed E-state index contributed by atoms with van der Waals surface area (Å²) in [5.41, 5.74) is 4.73. The summed E-state index contributed by atoms with van der Waals surface area (Å²) in [5, 5.41) is 0. The first-order valence-corrected chi connectivity index (χ1v) is 9.29. The smallest absolute Gasteiger partial charge is 0.169 e. The molecular weight excluding hydrogens is 326 g/mol. The van der Waals surface area contributed by atoms with Crippen molar-refractivity contribution in [3.63, 3.8) is 0 Å². The molecule has 0 aromatic heterocycles. The Labute approximate surface area is 156 Å². The minimum Gasteiger partial charge on any atom is -0.493 e. The number of rotatable bonds is 5. The molecule has 140 valence electrons. The highest BCUT2D eigenvalue weighted by molar-refractivity contribution is 5.58. The van der Waals surface area contributed by atoms with Gasteiger partial charge in [-0.05, 0) is 60.7 Å². The Morgan fingerprint density at radius 3 is 2.19 bits per heavy atom. The first-order valence-electron chi connectivity index (χ1n) is 9.29. The maximum atomic E-state index is 6.27. The predicted molar refractivity (Wildman–Crippen MR) is 106 cm³/mol. The van der Waals surface area contributed by atoms with Crippen molar-refractivity contribution in [3.05, 3.63) is 47.0 Å². The van der Waals surface area contributed by atoms with E-state index in [1.807, 2.05) is 6.07 Å². The summed E-state index contributed by atoms with van der Waals surface area (Å²) in [6.07, 6.45) is 0. The monoisotopic (exact) mass is 355 g/mol. The van der Waals surface area contributed by atoms with Crippen molar-refractivity contribution < 1.29 is 14.2 Å².